The third kappa shape index (κ3) is 3.70. The zero-order valence-corrected chi connectivity index (χ0v) is 11.1. The molecule has 2 aliphatic rings. The van der Waals surface area contributed by atoms with Crippen LogP contribution in [0.4, 0.5) is 11.4 Å². The molecule has 2 saturated carbocycles. The van der Waals surface area contributed by atoms with Gasteiger partial charge in [-0.2, -0.15) is 0 Å². The summed E-state index contributed by atoms with van der Waals surface area (Å²) in [6, 6.07) is 7.98. The molecular formula is C15H21N3O. The number of carbonyl (C=O) groups excluding carboxylic acids is 1. The standard InChI is InChI=1S/C15H21N3O/c16-12-2-1-3-13(8-12)17-15(19)10-18(14-6-7-14)9-11-4-5-11/h1-3,8,11,14H,4-7,9-10,16H2,(H,17,19). The molecule has 0 radical (unpaired) electrons. The Morgan fingerprint density at radius 2 is 2.11 bits per heavy atom. The van der Waals surface area contributed by atoms with Gasteiger partial charge in [-0.15, -0.1) is 0 Å². The third-order valence-electron chi connectivity index (χ3n) is 3.77. The van der Waals surface area contributed by atoms with E-state index in [0.717, 1.165) is 18.2 Å². The second kappa shape index (κ2) is 5.21. The number of nitrogens with zero attached hydrogens (tertiary/aromatic N) is 1. The number of rotatable bonds is 6. The van der Waals surface area contributed by atoms with Gasteiger partial charge >= 0.3 is 0 Å². The Morgan fingerprint density at radius 1 is 1.32 bits per heavy atom. The molecule has 102 valence electrons. The van der Waals surface area contributed by atoms with E-state index >= 15 is 0 Å². The molecule has 0 bridgehead atoms. The number of amides is 1. The van der Waals surface area contributed by atoms with Crippen LogP contribution in [0, 0.1) is 5.92 Å². The van der Waals surface area contributed by atoms with E-state index in [1.807, 2.05) is 18.2 Å². The highest BCUT2D eigenvalue weighted by atomic mass is 16.2. The molecule has 1 amide bonds. The van der Waals surface area contributed by atoms with Gasteiger partial charge in [0.2, 0.25) is 5.91 Å². The summed E-state index contributed by atoms with van der Waals surface area (Å²) in [7, 11) is 0. The largest absolute Gasteiger partial charge is 0.399 e. The van der Waals surface area contributed by atoms with Gasteiger partial charge in [0.05, 0.1) is 6.54 Å². The Morgan fingerprint density at radius 3 is 2.74 bits per heavy atom. The normalized spacial score (nSPS) is 18.6. The van der Waals surface area contributed by atoms with Crippen LogP contribution in [0.1, 0.15) is 25.7 Å². The summed E-state index contributed by atoms with van der Waals surface area (Å²) in [6.07, 6.45) is 5.16. The van der Waals surface area contributed by atoms with Crippen molar-refractivity contribution in [2.45, 2.75) is 31.7 Å². The Balaban J connectivity index is 1.54. The maximum atomic E-state index is 12.1. The van der Waals surface area contributed by atoms with Gasteiger partial charge < -0.3 is 11.1 Å². The monoisotopic (exact) mass is 259 g/mol. The average Bonchev–Trinajstić information content (AvgIpc) is 3.23. The fourth-order valence-electron chi connectivity index (χ4n) is 2.42. The van der Waals surface area contributed by atoms with E-state index in [1.54, 1.807) is 6.07 Å². The molecule has 4 nitrogen and oxygen atoms in total. The predicted octanol–water partition coefficient (Wildman–Crippen LogP) is 2.08. The van der Waals surface area contributed by atoms with Crippen molar-refractivity contribution in [1.82, 2.24) is 4.90 Å². The first-order chi connectivity index (χ1) is 9.20. The highest BCUT2D eigenvalue weighted by Gasteiger charge is 2.34. The Hall–Kier alpha value is -1.55. The van der Waals surface area contributed by atoms with Gasteiger partial charge in [0.1, 0.15) is 0 Å². The highest BCUT2D eigenvalue weighted by molar-refractivity contribution is 5.92. The summed E-state index contributed by atoms with van der Waals surface area (Å²) in [6.45, 7) is 1.60. The summed E-state index contributed by atoms with van der Waals surface area (Å²) in [5, 5.41) is 2.93. The van der Waals surface area contributed by atoms with E-state index in [4.69, 9.17) is 5.73 Å². The molecule has 3 N–H and O–H groups in total. The minimum atomic E-state index is 0.0677. The number of benzene rings is 1. The van der Waals surface area contributed by atoms with E-state index < -0.39 is 0 Å². The number of carbonyl (C=O) groups is 1. The van der Waals surface area contributed by atoms with Crippen LogP contribution in [0.5, 0.6) is 0 Å². The van der Waals surface area contributed by atoms with Crippen molar-refractivity contribution in [2.24, 2.45) is 5.92 Å². The Kier molecular flexibility index (Phi) is 3.42. The Bertz CT molecular complexity index is 466. The molecule has 1 aromatic carbocycles. The van der Waals surface area contributed by atoms with E-state index in [1.165, 1.54) is 25.7 Å². The van der Waals surface area contributed by atoms with Gasteiger partial charge in [-0.25, -0.2) is 0 Å². The molecule has 0 saturated heterocycles. The van der Waals surface area contributed by atoms with Gasteiger partial charge in [-0.3, -0.25) is 9.69 Å². The van der Waals surface area contributed by atoms with Crippen LogP contribution < -0.4 is 11.1 Å². The van der Waals surface area contributed by atoms with Gasteiger partial charge in [0, 0.05) is 24.0 Å². The number of hydrogen-bond acceptors (Lipinski definition) is 3. The number of anilines is 2. The van der Waals surface area contributed by atoms with Crippen molar-refractivity contribution in [3.05, 3.63) is 24.3 Å². The molecule has 19 heavy (non-hydrogen) atoms. The van der Waals surface area contributed by atoms with Crippen LogP contribution in [0.15, 0.2) is 24.3 Å². The van der Waals surface area contributed by atoms with Crippen molar-refractivity contribution in [3.8, 4) is 0 Å². The number of nitrogens with two attached hydrogens (primary N) is 1. The molecule has 0 aliphatic heterocycles. The second-order valence-electron chi connectivity index (χ2n) is 5.78. The molecule has 0 unspecified atom stereocenters. The van der Waals surface area contributed by atoms with Crippen molar-refractivity contribution in [3.63, 3.8) is 0 Å². The van der Waals surface area contributed by atoms with E-state index in [9.17, 15) is 4.79 Å². The number of nitrogen functional groups attached to an aromatic ring is 1. The van der Waals surface area contributed by atoms with Crippen molar-refractivity contribution >= 4 is 17.3 Å². The topological polar surface area (TPSA) is 58.4 Å². The van der Waals surface area contributed by atoms with Crippen molar-refractivity contribution < 1.29 is 4.79 Å². The highest BCUT2D eigenvalue weighted by Crippen LogP contribution is 2.34. The summed E-state index contributed by atoms with van der Waals surface area (Å²) in [4.78, 5) is 14.4. The maximum absolute atomic E-state index is 12.1. The van der Waals surface area contributed by atoms with Crippen LogP contribution in [0.3, 0.4) is 0 Å². The summed E-state index contributed by atoms with van der Waals surface area (Å²) < 4.78 is 0. The van der Waals surface area contributed by atoms with Gasteiger partial charge in [-0.1, -0.05) is 6.07 Å². The molecule has 1 aromatic rings. The molecule has 0 aromatic heterocycles. The molecule has 0 atom stereocenters. The lowest BCUT2D eigenvalue weighted by molar-refractivity contribution is -0.117. The average molecular weight is 259 g/mol. The smallest absolute Gasteiger partial charge is 0.238 e. The summed E-state index contributed by atoms with van der Waals surface area (Å²) >= 11 is 0. The minimum Gasteiger partial charge on any atom is -0.399 e. The molecule has 2 aliphatic carbocycles. The van der Waals surface area contributed by atoms with Gasteiger partial charge in [-0.05, 0) is 49.8 Å². The van der Waals surface area contributed by atoms with Crippen LogP contribution in [-0.2, 0) is 4.79 Å². The second-order valence-corrected chi connectivity index (χ2v) is 5.78. The maximum Gasteiger partial charge on any atom is 0.238 e. The van der Waals surface area contributed by atoms with Crippen LogP contribution in [-0.4, -0.2) is 29.9 Å². The van der Waals surface area contributed by atoms with Crippen molar-refractivity contribution in [2.75, 3.05) is 24.1 Å². The quantitative estimate of drug-likeness (QED) is 0.769. The van der Waals surface area contributed by atoms with E-state index in [-0.39, 0.29) is 5.91 Å². The van der Waals surface area contributed by atoms with Crippen LogP contribution >= 0.6 is 0 Å². The number of nitrogens with one attached hydrogen (secondary N) is 1. The summed E-state index contributed by atoms with van der Waals surface area (Å²) in [5.41, 5.74) is 7.17. The minimum absolute atomic E-state index is 0.0677. The summed E-state index contributed by atoms with van der Waals surface area (Å²) in [5.74, 6) is 0.902. The van der Waals surface area contributed by atoms with E-state index in [2.05, 4.69) is 10.2 Å². The van der Waals surface area contributed by atoms with Crippen LogP contribution in [0.2, 0.25) is 0 Å². The SMILES string of the molecule is Nc1cccc(NC(=O)CN(CC2CC2)C2CC2)c1. The molecule has 2 fully saturated rings. The van der Waals surface area contributed by atoms with E-state index in [0.29, 0.717) is 18.3 Å². The number of hydrogen-bond donors (Lipinski definition) is 2. The van der Waals surface area contributed by atoms with Gasteiger partial charge in [0.15, 0.2) is 0 Å². The zero-order chi connectivity index (χ0) is 13.2. The lowest BCUT2D eigenvalue weighted by atomic mass is 10.3. The predicted molar refractivity (Wildman–Crippen MR) is 76.8 cm³/mol. The third-order valence-corrected chi connectivity index (χ3v) is 3.77. The fourth-order valence-corrected chi connectivity index (χ4v) is 2.42. The molecule has 3 rings (SSSR count). The lowest BCUT2D eigenvalue weighted by Gasteiger charge is -2.21. The fraction of sp³-hybridized carbons (Fsp3) is 0.533. The molecule has 0 spiro atoms. The lowest BCUT2D eigenvalue weighted by Crippen LogP contribution is -2.36. The first-order valence-corrected chi connectivity index (χ1v) is 7.10. The molecule has 0 heterocycles. The first-order valence-electron chi connectivity index (χ1n) is 7.10. The van der Waals surface area contributed by atoms with Gasteiger partial charge in [0.25, 0.3) is 0 Å². The van der Waals surface area contributed by atoms with Crippen LogP contribution in [0.25, 0.3) is 0 Å². The van der Waals surface area contributed by atoms with Crippen molar-refractivity contribution in [1.29, 1.82) is 0 Å². The zero-order valence-electron chi connectivity index (χ0n) is 11.1. The molecular weight excluding hydrogens is 238 g/mol. The molecule has 4 heteroatoms. The Labute approximate surface area is 114 Å². The first kappa shape index (κ1) is 12.5.